The van der Waals surface area contributed by atoms with E-state index in [1.54, 1.807) is 12.1 Å². The third-order valence-corrected chi connectivity index (χ3v) is 5.81. The molecule has 2 heteroatoms. The van der Waals surface area contributed by atoms with Crippen LogP contribution in [-0.2, 0) is 12.0 Å². The highest BCUT2D eigenvalue weighted by atomic mass is 19.1. The van der Waals surface area contributed by atoms with Gasteiger partial charge in [-0.25, -0.2) is 4.39 Å². The number of halogens is 1. The van der Waals surface area contributed by atoms with Crippen LogP contribution in [0.2, 0.25) is 0 Å². The van der Waals surface area contributed by atoms with Crippen molar-refractivity contribution in [2.24, 2.45) is 11.8 Å². The second-order valence-electron chi connectivity index (χ2n) is 6.80. The first-order valence-electron chi connectivity index (χ1n) is 8.26. The maximum atomic E-state index is 13.6. The zero-order valence-corrected chi connectivity index (χ0v) is 13.0. The maximum absolute atomic E-state index is 13.6. The lowest BCUT2D eigenvalue weighted by molar-refractivity contribution is 0.262. The lowest BCUT2D eigenvalue weighted by Crippen LogP contribution is -2.29. The van der Waals surface area contributed by atoms with E-state index in [-0.39, 0.29) is 11.2 Å². The van der Waals surface area contributed by atoms with Crippen molar-refractivity contribution >= 4 is 0 Å². The van der Waals surface area contributed by atoms with Crippen LogP contribution >= 0.6 is 0 Å². The van der Waals surface area contributed by atoms with Crippen molar-refractivity contribution in [3.8, 4) is 0 Å². The van der Waals surface area contributed by atoms with Crippen molar-refractivity contribution < 1.29 is 4.39 Å². The minimum absolute atomic E-state index is 0.101. The summed E-state index contributed by atoms with van der Waals surface area (Å²) in [5.41, 5.74) is 2.83. The fourth-order valence-electron chi connectivity index (χ4n) is 4.72. The SMILES string of the molecule is CCC1(c2cccc(F)c2)C2CN(Cc3ccccc3)CC21. The van der Waals surface area contributed by atoms with E-state index >= 15 is 0 Å². The van der Waals surface area contributed by atoms with Gasteiger partial charge < -0.3 is 0 Å². The van der Waals surface area contributed by atoms with E-state index in [4.69, 9.17) is 0 Å². The minimum Gasteiger partial charge on any atom is -0.298 e. The molecule has 22 heavy (non-hydrogen) atoms. The van der Waals surface area contributed by atoms with Crippen molar-refractivity contribution in [2.45, 2.75) is 25.3 Å². The van der Waals surface area contributed by atoms with Crippen LogP contribution in [0.4, 0.5) is 4.39 Å². The van der Waals surface area contributed by atoms with Gasteiger partial charge >= 0.3 is 0 Å². The van der Waals surface area contributed by atoms with Gasteiger partial charge in [-0.1, -0.05) is 49.4 Å². The molecule has 1 aliphatic heterocycles. The fourth-order valence-corrected chi connectivity index (χ4v) is 4.72. The predicted molar refractivity (Wildman–Crippen MR) is 87.1 cm³/mol. The van der Waals surface area contributed by atoms with Gasteiger partial charge in [-0.15, -0.1) is 0 Å². The first kappa shape index (κ1) is 14.0. The molecule has 0 radical (unpaired) electrons. The third-order valence-electron chi connectivity index (χ3n) is 5.81. The molecule has 1 aliphatic carbocycles. The lowest BCUT2D eigenvalue weighted by atomic mass is 9.87. The van der Waals surface area contributed by atoms with E-state index in [1.807, 2.05) is 6.07 Å². The number of piperidine rings is 1. The number of nitrogens with zero attached hydrogens (tertiary/aromatic N) is 1. The molecule has 4 rings (SSSR count). The average Bonchev–Trinajstić information content (AvgIpc) is 2.92. The number of fused-ring (bicyclic) bond motifs is 1. The van der Waals surface area contributed by atoms with E-state index in [9.17, 15) is 4.39 Å². The predicted octanol–water partition coefficient (Wildman–Crippen LogP) is 4.24. The molecule has 2 atom stereocenters. The Morgan fingerprint density at radius 1 is 1.05 bits per heavy atom. The van der Waals surface area contributed by atoms with E-state index in [0.717, 1.165) is 26.1 Å². The van der Waals surface area contributed by atoms with Gasteiger partial charge in [-0.2, -0.15) is 0 Å². The van der Waals surface area contributed by atoms with Gasteiger partial charge in [0.25, 0.3) is 0 Å². The molecule has 1 nitrogen and oxygen atoms in total. The molecular weight excluding hydrogens is 273 g/mol. The Morgan fingerprint density at radius 2 is 1.77 bits per heavy atom. The second kappa shape index (κ2) is 5.20. The normalized spacial score (nSPS) is 30.3. The summed E-state index contributed by atoms with van der Waals surface area (Å²) >= 11 is 0. The number of rotatable bonds is 4. The van der Waals surface area contributed by atoms with Crippen molar-refractivity contribution in [2.75, 3.05) is 13.1 Å². The summed E-state index contributed by atoms with van der Waals surface area (Å²) in [4.78, 5) is 2.55. The molecule has 2 aromatic rings. The smallest absolute Gasteiger partial charge is 0.123 e. The Morgan fingerprint density at radius 3 is 2.41 bits per heavy atom. The monoisotopic (exact) mass is 295 g/mol. The number of hydrogen-bond donors (Lipinski definition) is 0. The van der Waals surface area contributed by atoms with Crippen molar-refractivity contribution in [1.82, 2.24) is 4.90 Å². The summed E-state index contributed by atoms with van der Waals surface area (Å²) in [5.74, 6) is 1.29. The van der Waals surface area contributed by atoms with Crippen LogP contribution < -0.4 is 0 Å². The summed E-state index contributed by atoms with van der Waals surface area (Å²) in [6.07, 6.45) is 1.12. The first-order chi connectivity index (χ1) is 10.7. The van der Waals surface area contributed by atoms with Crippen LogP contribution in [0.15, 0.2) is 54.6 Å². The van der Waals surface area contributed by atoms with Gasteiger partial charge in [0.1, 0.15) is 5.82 Å². The summed E-state index contributed by atoms with van der Waals surface area (Å²) in [6.45, 7) is 5.58. The van der Waals surface area contributed by atoms with E-state index in [2.05, 4.69) is 48.2 Å². The molecule has 1 saturated heterocycles. The summed E-state index contributed by atoms with van der Waals surface area (Å²) in [7, 11) is 0. The zero-order valence-electron chi connectivity index (χ0n) is 13.0. The average molecular weight is 295 g/mol. The Balaban J connectivity index is 1.49. The summed E-state index contributed by atoms with van der Waals surface area (Å²) in [6, 6.07) is 18.0. The van der Waals surface area contributed by atoms with Crippen molar-refractivity contribution in [3.63, 3.8) is 0 Å². The van der Waals surface area contributed by atoms with Gasteiger partial charge in [0.05, 0.1) is 0 Å². The van der Waals surface area contributed by atoms with Gasteiger partial charge in [-0.3, -0.25) is 4.90 Å². The van der Waals surface area contributed by atoms with E-state index < -0.39 is 0 Å². The largest absolute Gasteiger partial charge is 0.298 e. The molecule has 2 unspecified atom stereocenters. The molecule has 2 aromatic carbocycles. The number of hydrogen-bond acceptors (Lipinski definition) is 1. The highest BCUT2D eigenvalue weighted by molar-refractivity contribution is 5.39. The Bertz CT molecular complexity index is 654. The van der Waals surface area contributed by atoms with Gasteiger partial charge in [0.15, 0.2) is 0 Å². The van der Waals surface area contributed by atoms with Gasteiger partial charge in [0.2, 0.25) is 0 Å². The molecule has 1 heterocycles. The summed E-state index contributed by atoms with van der Waals surface area (Å²) < 4.78 is 13.6. The topological polar surface area (TPSA) is 3.24 Å². The molecule has 1 saturated carbocycles. The number of likely N-dealkylation sites (tertiary alicyclic amines) is 1. The molecule has 0 amide bonds. The zero-order chi connectivity index (χ0) is 15.2. The van der Waals surface area contributed by atoms with Gasteiger partial charge in [-0.05, 0) is 41.5 Å². The lowest BCUT2D eigenvalue weighted by Gasteiger charge is -2.26. The fraction of sp³-hybridized carbons (Fsp3) is 0.400. The molecule has 2 fully saturated rings. The molecule has 0 aromatic heterocycles. The first-order valence-corrected chi connectivity index (χ1v) is 8.26. The van der Waals surface area contributed by atoms with E-state index in [1.165, 1.54) is 11.1 Å². The Hall–Kier alpha value is -1.67. The molecule has 2 aliphatic rings. The van der Waals surface area contributed by atoms with Gasteiger partial charge in [0, 0.05) is 25.0 Å². The van der Waals surface area contributed by atoms with Crippen LogP contribution in [0.1, 0.15) is 24.5 Å². The quantitative estimate of drug-likeness (QED) is 0.815. The van der Waals surface area contributed by atoms with E-state index in [0.29, 0.717) is 11.8 Å². The summed E-state index contributed by atoms with van der Waals surface area (Å²) in [5, 5.41) is 0. The van der Waals surface area contributed by atoms with Crippen LogP contribution in [0.3, 0.4) is 0 Å². The standard InChI is InChI=1S/C20H22FN/c1-2-20(16-9-6-10-17(21)11-16)18-13-22(14-19(18)20)12-15-7-4-3-5-8-15/h3-11,18-19H,2,12-14H2,1H3. The van der Waals surface area contributed by atoms with Crippen molar-refractivity contribution in [3.05, 3.63) is 71.5 Å². The molecule has 0 bridgehead atoms. The molecule has 0 N–H and O–H groups in total. The number of benzene rings is 2. The van der Waals surface area contributed by atoms with Crippen molar-refractivity contribution in [1.29, 1.82) is 0 Å². The Kier molecular flexibility index (Phi) is 3.30. The minimum atomic E-state index is -0.101. The molecule has 114 valence electrons. The highest BCUT2D eigenvalue weighted by Crippen LogP contribution is 2.65. The van der Waals surface area contributed by atoms with Crippen LogP contribution in [0.5, 0.6) is 0 Å². The molecular formula is C20H22FN. The Labute approximate surface area is 131 Å². The van der Waals surface area contributed by atoms with Crippen LogP contribution in [0, 0.1) is 17.7 Å². The van der Waals surface area contributed by atoms with Crippen LogP contribution in [-0.4, -0.2) is 18.0 Å². The second-order valence-corrected chi connectivity index (χ2v) is 6.80. The molecule has 0 spiro atoms. The maximum Gasteiger partial charge on any atom is 0.123 e. The van der Waals surface area contributed by atoms with Crippen LogP contribution in [0.25, 0.3) is 0 Å². The highest BCUT2D eigenvalue weighted by Gasteiger charge is 2.67. The third kappa shape index (κ3) is 2.09.